The molecule has 1 aliphatic rings. The van der Waals surface area contributed by atoms with Gasteiger partial charge >= 0.3 is 0 Å². The van der Waals surface area contributed by atoms with Crippen LogP contribution in [0.25, 0.3) is 0 Å². The average molecular weight is 380 g/mol. The summed E-state index contributed by atoms with van der Waals surface area (Å²) in [6.07, 6.45) is 2.38. The number of para-hydroxylation sites is 1. The molecule has 2 aromatic rings. The number of likely N-dealkylation sites (tertiary alicyclic amines) is 1. The number of hydrogen-bond donors (Lipinski definition) is 1. The van der Waals surface area contributed by atoms with Crippen LogP contribution in [0.1, 0.15) is 34.3 Å². The van der Waals surface area contributed by atoms with E-state index in [0.717, 1.165) is 29.7 Å². The number of hydrogen-bond acceptors (Lipinski definition) is 3. The molecule has 0 saturated carbocycles. The first-order valence-corrected chi connectivity index (χ1v) is 9.84. The minimum Gasteiger partial charge on any atom is -0.496 e. The molecule has 2 aromatic carbocycles. The van der Waals surface area contributed by atoms with E-state index in [0.29, 0.717) is 31.6 Å². The van der Waals surface area contributed by atoms with E-state index in [9.17, 15) is 9.59 Å². The van der Waals surface area contributed by atoms with Gasteiger partial charge in [0, 0.05) is 25.2 Å². The number of methoxy groups -OCH3 is 1. The zero-order chi connectivity index (χ0) is 19.9. The normalized spacial score (nSPS) is 16.5. The Hall–Kier alpha value is -2.82. The van der Waals surface area contributed by atoms with Gasteiger partial charge in [-0.2, -0.15) is 0 Å². The number of rotatable bonds is 6. The van der Waals surface area contributed by atoms with Gasteiger partial charge in [0.1, 0.15) is 5.75 Å². The van der Waals surface area contributed by atoms with Gasteiger partial charge in [0.25, 0.3) is 5.91 Å². The van der Waals surface area contributed by atoms with Crippen LogP contribution in [0.4, 0.5) is 0 Å². The smallest absolute Gasteiger partial charge is 0.253 e. The quantitative estimate of drug-likeness (QED) is 0.837. The third-order valence-electron chi connectivity index (χ3n) is 5.26. The third kappa shape index (κ3) is 4.91. The molecule has 5 nitrogen and oxygen atoms in total. The van der Waals surface area contributed by atoms with Gasteiger partial charge in [-0.05, 0) is 49.9 Å². The van der Waals surface area contributed by atoms with Crippen molar-refractivity contribution in [1.82, 2.24) is 10.2 Å². The lowest BCUT2D eigenvalue weighted by molar-refractivity contribution is -0.126. The predicted molar refractivity (Wildman–Crippen MR) is 110 cm³/mol. The number of aryl methyl sites for hydroxylation is 1. The number of carbonyl (C=O) groups excluding carboxylic acids is 2. The molecule has 1 heterocycles. The van der Waals surface area contributed by atoms with Crippen molar-refractivity contribution in [3.8, 4) is 5.75 Å². The summed E-state index contributed by atoms with van der Waals surface area (Å²) in [6.45, 7) is 3.74. The number of carbonyl (C=O) groups is 2. The predicted octanol–water partition coefficient (Wildman–Crippen LogP) is 3.21. The summed E-state index contributed by atoms with van der Waals surface area (Å²) in [6, 6.07) is 15.4. The van der Waals surface area contributed by atoms with Gasteiger partial charge in [-0.3, -0.25) is 9.59 Å². The molecular formula is C23H28N2O3. The zero-order valence-electron chi connectivity index (χ0n) is 16.6. The zero-order valence-corrected chi connectivity index (χ0v) is 16.6. The molecule has 5 heteroatoms. The van der Waals surface area contributed by atoms with Gasteiger partial charge in [-0.15, -0.1) is 0 Å². The van der Waals surface area contributed by atoms with Crippen LogP contribution in [0.3, 0.4) is 0 Å². The molecule has 0 radical (unpaired) electrons. The van der Waals surface area contributed by atoms with Crippen LogP contribution in [-0.2, 0) is 11.2 Å². The molecule has 0 aromatic heterocycles. The van der Waals surface area contributed by atoms with Crippen LogP contribution in [0.2, 0.25) is 0 Å². The lowest BCUT2D eigenvalue weighted by Gasteiger charge is -2.32. The molecule has 28 heavy (non-hydrogen) atoms. The van der Waals surface area contributed by atoms with Gasteiger partial charge in [0.2, 0.25) is 5.91 Å². The van der Waals surface area contributed by atoms with E-state index in [4.69, 9.17) is 4.74 Å². The van der Waals surface area contributed by atoms with Crippen molar-refractivity contribution in [3.05, 3.63) is 65.2 Å². The highest BCUT2D eigenvalue weighted by molar-refractivity contribution is 5.94. The monoisotopic (exact) mass is 380 g/mol. The Kier molecular flexibility index (Phi) is 6.69. The van der Waals surface area contributed by atoms with Crippen molar-refractivity contribution in [3.63, 3.8) is 0 Å². The number of piperidine rings is 1. The van der Waals surface area contributed by atoms with Crippen LogP contribution >= 0.6 is 0 Å². The third-order valence-corrected chi connectivity index (χ3v) is 5.26. The summed E-state index contributed by atoms with van der Waals surface area (Å²) >= 11 is 0. The molecule has 148 valence electrons. The summed E-state index contributed by atoms with van der Waals surface area (Å²) < 4.78 is 5.35. The fourth-order valence-electron chi connectivity index (χ4n) is 3.63. The van der Waals surface area contributed by atoms with Crippen molar-refractivity contribution in [2.24, 2.45) is 5.92 Å². The van der Waals surface area contributed by atoms with E-state index in [-0.39, 0.29) is 17.7 Å². The van der Waals surface area contributed by atoms with E-state index >= 15 is 0 Å². The molecule has 1 fully saturated rings. The molecule has 0 aliphatic carbocycles. The Morgan fingerprint density at radius 3 is 2.64 bits per heavy atom. The second kappa shape index (κ2) is 9.40. The molecule has 2 amide bonds. The molecule has 3 rings (SSSR count). The van der Waals surface area contributed by atoms with Gasteiger partial charge < -0.3 is 15.0 Å². The highest BCUT2D eigenvalue weighted by atomic mass is 16.5. The van der Waals surface area contributed by atoms with Gasteiger partial charge in [-0.1, -0.05) is 35.9 Å². The van der Waals surface area contributed by atoms with Crippen LogP contribution < -0.4 is 10.1 Å². The van der Waals surface area contributed by atoms with E-state index in [1.807, 2.05) is 55.5 Å². The summed E-state index contributed by atoms with van der Waals surface area (Å²) in [5.74, 6) is 0.716. The Balaban J connectivity index is 1.52. The highest BCUT2D eigenvalue weighted by Gasteiger charge is 2.28. The summed E-state index contributed by atoms with van der Waals surface area (Å²) in [5.41, 5.74) is 2.88. The van der Waals surface area contributed by atoms with Crippen molar-refractivity contribution < 1.29 is 14.3 Å². The molecule has 1 aliphatic heterocycles. The number of nitrogens with zero attached hydrogens (tertiary/aromatic N) is 1. The number of benzene rings is 2. The van der Waals surface area contributed by atoms with Crippen molar-refractivity contribution in [2.45, 2.75) is 26.2 Å². The Morgan fingerprint density at radius 1 is 1.14 bits per heavy atom. The highest BCUT2D eigenvalue weighted by Crippen LogP contribution is 2.20. The Labute approximate surface area is 166 Å². The molecule has 0 spiro atoms. The first-order valence-electron chi connectivity index (χ1n) is 9.84. The fraction of sp³-hybridized carbons (Fsp3) is 0.391. The van der Waals surface area contributed by atoms with E-state index < -0.39 is 0 Å². The number of amides is 2. The van der Waals surface area contributed by atoms with Crippen LogP contribution in [-0.4, -0.2) is 43.5 Å². The molecule has 1 atom stereocenters. The van der Waals surface area contributed by atoms with Crippen molar-refractivity contribution >= 4 is 11.8 Å². The first-order chi connectivity index (χ1) is 13.6. The average Bonchev–Trinajstić information content (AvgIpc) is 2.74. The molecule has 0 bridgehead atoms. The summed E-state index contributed by atoms with van der Waals surface area (Å²) in [7, 11) is 1.65. The lowest BCUT2D eigenvalue weighted by atomic mass is 9.96. The second-order valence-electron chi connectivity index (χ2n) is 7.31. The van der Waals surface area contributed by atoms with Gasteiger partial charge in [0.05, 0.1) is 13.0 Å². The Bertz CT molecular complexity index is 817. The van der Waals surface area contributed by atoms with Gasteiger partial charge in [0.15, 0.2) is 0 Å². The molecule has 1 saturated heterocycles. The van der Waals surface area contributed by atoms with Crippen LogP contribution in [0.5, 0.6) is 5.75 Å². The standard InChI is InChI=1S/C23H28N2O3/c1-17-9-11-19(12-10-17)23(27)25-15-5-7-20(16-25)22(26)24-14-13-18-6-3-4-8-21(18)28-2/h3-4,6,8-12,20H,5,7,13-16H2,1-2H3,(H,24,26). The summed E-state index contributed by atoms with van der Waals surface area (Å²) in [4.78, 5) is 27.1. The van der Waals surface area contributed by atoms with Crippen LogP contribution in [0, 0.1) is 12.8 Å². The lowest BCUT2D eigenvalue weighted by Crippen LogP contribution is -2.45. The second-order valence-corrected chi connectivity index (χ2v) is 7.31. The minimum atomic E-state index is -0.152. The Morgan fingerprint density at radius 2 is 1.89 bits per heavy atom. The maximum absolute atomic E-state index is 12.7. The van der Waals surface area contributed by atoms with Crippen molar-refractivity contribution in [1.29, 1.82) is 0 Å². The van der Waals surface area contributed by atoms with Crippen molar-refractivity contribution in [2.75, 3.05) is 26.7 Å². The largest absolute Gasteiger partial charge is 0.496 e. The molecule has 1 N–H and O–H groups in total. The van der Waals surface area contributed by atoms with E-state index in [1.165, 1.54) is 0 Å². The molecular weight excluding hydrogens is 352 g/mol. The van der Waals surface area contributed by atoms with E-state index in [2.05, 4.69) is 5.32 Å². The first kappa shape index (κ1) is 19.9. The maximum Gasteiger partial charge on any atom is 0.253 e. The van der Waals surface area contributed by atoms with Gasteiger partial charge in [-0.25, -0.2) is 0 Å². The SMILES string of the molecule is COc1ccccc1CCNC(=O)C1CCCN(C(=O)c2ccc(C)cc2)C1. The van der Waals surface area contributed by atoms with Crippen LogP contribution in [0.15, 0.2) is 48.5 Å². The summed E-state index contributed by atoms with van der Waals surface area (Å²) in [5, 5.41) is 3.03. The maximum atomic E-state index is 12.7. The topological polar surface area (TPSA) is 58.6 Å². The number of ether oxygens (including phenoxy) is 1. The fourth-order valence-corrected chi connectivity index (χ4v) is 3.63. The molecule has 1 unspecified atom stereocenters. The number of nitrogens with one attached hydrogen (secondary N) is 1. The minimum absolute atomic E-state index is 0.00604. The van der Waals surface area contributed by atoms with E-state index in [1.54, 1.807) is 12.0 Å².